The van der Waals surface area contributed by atoms with Gasteiger partial charge in [0.1, 0.15) is 11.5 Å². The highest BCUT2D eigenvalue weighted by atomic mass is 16.5. The molecule has 10 aromatic rings. The first-order valence-electron chi connectivity index (χ1n) is 23.6. The van der Waals surface area contributed by atoms with Crippen molar-refractivity contribution in [3.05, 3.63) is 222 Å². The van der Waals surface area contributed by atoms with Crippen molar-refractivity contribution in [2.24, 2.45) is 0 Å². The number of fused-ring (bicyclic) bond motifs is 14. The minimum atomic E-state index is -1.69. The van der Waals surface area contributed by atoms with E-state index < -0.39 is 71.9 Å². The molecule has 2 nitrogen and oxygen atoms in total. The zero-order chi connectivity index (χ0) is 45.7. The fourth-order valence-electron chi connectivity index (χ4n) is 8.96. The summed E-state index contributed by atoms with van der Waals surface area (Å²) in [5.41, 5.74) is 3.35. The van der Waals surface area contributed by atoms with Gasteiger partial charge in [-0.25, -0.2) is 0 Å². The standard InChI is InChI=1S/C53H33NO/c1-2-14-38(15-3-1)54-48-23-12-19-39(51(48)43-31-29-35-13-4-5-16-40(35)52(43)54)36-27-25-34(26-28-36)37-30-32-50-47(33-37)53(46-22-10-11-24-49(46)55-50)44-20-8-6-17-41(44)42-18-7-9-21-45(42)53/h1-33H/i10D,11D,22D,24D,25D,26D,27D,28D,30D,32D,33D. The Kier molecular flexibility index (Phi) is 4.47. The molecule has 1 spiro atoms. The first-order valence-corrected chi connectivity index (χ1v) is 18.1. The smallest absolute Gasteiger partial charge is 0.132 e. The van der Waals surface area contributed by atoms with Gasteiger partial charge in [0.2, 0.25) is 0 Å². The van der Waals surface area contributed by atoms with Crippen LogP contribution in [0.15, 0.2) is 200 Å². The average Bonchev–Trinajstić information content (AvgIpc) is 3.84. The third-order valence-electron chi connectivity index (χ3n) is 11.2. The number of ether oxygens (including phenoxy) is 1. The number of hydrogen-bond acceptors (Lipinski definition) is 1. The van der Waals surface area contributed by atoms with Crippen LogP contribution in [0.1, 0.15) is 37.3 Å². The van der Waals surface area contributed by atoms with Crippen LogP contribution in [0.3, 0.4) is 0 Å². The van der Waals surface area contributed by atoms with Crippen LogP contribution in [0.4, 0.5) is 0 Å². The normalized spacial score (nSPS) is 16.2. The minimum Gasteiger partial charge on any atom is -0.457 e. The van der Waals surface area contributed by atoms with Crippen molar-refractivity contribution in [3.8, 4) is 50.6 Å². The summed E-state index contributed by atoms with van der Waals surface area (Å²) in [7, 11) is 0. The van der Waals surface area contributed by atoms with Gasteiger partial charge in [0.25, 0.3) is 0 Å². The first-order chi connectivity index (χ1) is 31.9. The lowest BCUT2D eigenvalue weighted by molar-refractivity contribution is 0.436. The van der Waals surface area contributed by atoms with Gasteiger partial charge in [0, 0.05) is 33.0 Å². The molecule has 1 aromatic heterocycles. The Bertz CT molecular complexity index is 3750. The minimum absolute atomic E-state index is 0.0000781. The van der Waals surface area contributed by atoms with Gasteiger partial charge in [0.05, 0.1) is 31.5 Å². The second-order valence-electron chi connectivity index (χ2n) is 13.9. The second kappa shape index (κ2) is 11.4. The third kappa shape index (κ3) is 4.14. The molecule has 0 saturated heterocycles. The van der Waals surface area contributed by atoms with Crippen LogP contribution in [0.5, 0.6) is 11.5 Å². The zero-order valence-corrected chi connectivity index (χ0v) is 29.1. The fourth-order valence-corrected chi connectivity index (χ4v) is 8.96. The molecule has 12 rings (SSSR count). The van der Waals surface area contributed by atoms with Gasteiger partial charge in [-0.15, -0.1) is 0 Å². The van der Waals surface area contributed by atoms with Crippen LogP contribution in [0.25, 0.3) is 71.6 Å². The molecular weight excluding hydrogens is 667 g/mol. The van der Waals surface area contributed by atoms with Crippen LogP contribution in [0.2, 0.25) is 0 Å². The molecule has 0 unspecified atom stereocenters. The molecule has 55 heavy (non-hydrogen) atoms. The van der Waals surface area contributed by atoms with E-state index in [0.717, 1.165) is 49.4 Å². The van der Waals surface area contributed by atoms with E-state index in [4.69, 9.17) is 8.85 Å². The van der Waals surface area contributed by atoms with Gasteiger partial charge in [-0.1, -0.05) is 164 Å². The summed E-state index contributed by atoms with van der Waals surface area (Å²) in [6.07, 6.45) is 0. The van der Waals surface area contributed by atoms with Gasteiger partial charge >= 0.3 is 0 Å². The fraction of sp³-hybridized carbons (Fsp3) is 0.0189. The lowest BCUT2D eigenvalue weighted by Crippen LogP contribution is -2.32. The van der Waals surface area contributed by atoms with Crippen molar-refractivity contribution in [2.75, 3.05) is 0 Å². The van der Waals surface area contributed by atoms with Crippen LogP contribution < -0.4 is 4.74 Å². The van der Waals surface area contributed by atoms with E-state index in [1.807, 2.05) is 109 Å². The van der Waals surface area contributed by atoms with Crippen LogP contribution >= 0.6 is 0 Å². The van der Waals surface area contributed by atoms with E-state index in [9.17, 15) is 11.0 Å². The van der Waals surface area contributed by atoms with Gasteiger partial charge < -0.3 is 9.30 Å². The summed E-state index contributed by atoms with van der Waals surface area (Å²) in [6.45, 7) is 0. The number of benzene rings is 9. The van der Waals surface area contributed by atoms with Crippen molar-refractivity contribution in [1.82, 2.24) is 4.57 Å². The SMILES string of the molecule is [2H]c1c([2H])c([2H])c2c(c1[2H])Oc1c([2H])c([2H])c(-c3c([2H])c([2H])c(-c4cccc5c4c4ccc6ccccc6c4n5-c4ccccc4)c([2H])c3[2H])c([2H])c1C21c2ccccc2-c2ccccc21. The van der Waals surface area contributed by atoms with E-state index in [0.29, 0.717) is 16.7 Å². The van der Waals surface area contributed by atoms with Crippen molar-refractivity contribution in [2.45, 2.75) is 5.41 Å². The quantitative estimate of drug-likeness (QED) is 0.178. The van der Waals surface area contributed by atoms with E-state index in [-0.39, 0.29) is 39.3 Å². The maximum Gasteiger partial charge on any atom is 0.132 e. The van der Waals surface area contributed by atoms with Gasteiger partial charge in [0.15, 0.2) is 0 Å². The van der Waals surface area contributed by atoms with Gasteiger partial charge in [-0.05, 0) is 86.2 Å². The molecule has 9 aromatic carbocycles. The summed E-state index contributed by atoms with van der Waals surface area (Å²) < 4.78 is 112. The molecular formula is C53H33NO. The molecule has 0 N–H and O–H groups in total. The largest absolute Gasteiger partial charge is 0.457 e. The molecule has 0 atom stereocenters. The van der Waals surface area contributed by atoms with Crippen molar-refractivity contribution in [1.29, 1.82) is 0 Å². The second-order valence-corrected chi connectivity index (χ2v) is 13.9. The number of para-hydroxylation sites is 2. The van der Waals surface area contributed by atoms with Crippen LogP contribution in [-0.2, 0) is 5.41 Å². The predicted octanol–water partition coefficient (Wildman–Crippen LogP) is 13.7. The summed E-state index contributed by atoms with van der Waals surface area (Å²) in [5, 5.41) is 3.59. The monoisotopic (exact) mass is 710 g/mol. The van der Waals surface area contributed by atoms with E-state index in [1.165, 1.54) is 0 Å². The van der Waals surface area contributed by atoms with Crippen molar-refractivity contribution in [3.63, 3.8) is 0 Å². The number of aromatic nitrogens is 1. The molecule has 0 bridgehead atoms. The highest BCUT2D eigenvalue weighted by Crippen LogP contribution is 2.62. The molecule has 1 aliphatic carbocycles. The molecule has 2 heteroatoms. The Hall–Kier alpha value is -7.16. The summed E-state index contributed by atoms with van der Waals surface area (Å²) in [6, 6.07) is 37.0. The summed E-state index contributed by atoms with van der Waals surface area (Å²) >= 11 is 0. The molecule has 256 valence electrons. The Morgan fingerprint density at radius 3 is 1.93 bits per heavy atom. The highest BCUT2D eigenvalue weighted by molar-refractivity contribution is 6.22. The van der Waals surface area contributed by atoms with Crippen molar-refractivity contribution < 1.29 is 19.8 Å². The Labute approximate surface area is 334 Å². The van der Waals surface area contributed by atoms with Gasteiger partial charge in [-0.2, -0.15) is 0 Å². The maximum absolute atomic E-state index is 10.2. The van der Waals surface area contributed by atoms with Gasteiger partial charge in [-0.3, -0.25) is 0 Å². The van der Waals surface area contributed by atoms with E-state index in [1.54, 1.807) is 18.2 Å². The zero-order valence-electron chi connectivity index (χ0n) is 40.1. The number of nitrogens with zero attached hydrogens (tertiary/aromatic N) is 1. The summed E-state index contributed by atoms with van der Waals surface area (Å²) in [5.74, 6) is -0.497. The number of rotatable bonds is 3. The maximum atomic E-state index is 10.2. The molecule has 0 saturated carbocycles. The lowest BCUT2D eigenvalue weighted by Gasteiger charge is -2.39. The topological polar surface area (TPSA) is 14.2 Å². The van der Waals surface area contributed by atoms with Crippen LogP contribution in [-0.4, -0.2) is 4.57 Å². The Balaban J connectivity index is 1.17. The highest BCUT2D eigenvalue weighted by Gasteiger charge is 2.51. The first kappa shape index (κ1) is 21.5. The molecule has 0 radical (unpaired) electrons. The third-order valence-corrected chi connectivity index (χ3v) is 11.2. The Morgan fingerprint density at radius 2 is 1.11 bits per heavy atom. The van der Waals surface area contributed by atoms with E-state index in [2.05, 4.69) is 10.6 Å². The van der Waals surface area contributed by atoms with E-state index >= 15 is 0 Å². The lowest BCUT2D eigenvalue weighted by atomic mass is 9.66. The summed E-state index contributed by atoms with van der Waals surface area (Å²) in [4.78, 5) is 0. The molecule has 0 fully saturated rings. The van der Waals surface area contributed by atoms with Crippen molar-refractivity contribution >= 4 is 32.6 Å². The molecule has 0 amide bonds. The Morgan fingerprint density at radius 1 is 0.455 bits per heavy atom. The number of hydrogen-bond donors (Lipinski definition) is 0. The molecule has 1 aliphatic heterocycles. The van der Waals surface area contributed by atoms with Crippen LogP contribution in [0, 0.1) is 0 Å². The molecule has 2 aliphatic rings. The predicted molar refractivity (Wildman–Crippen MR) is 227 cm³/mol. The average molecular weight is 711 g/mol. The molecule has 2 heterocycles.